The van der Waals surface area contributed by atoms with Gasteiger partial charge < -0.3 is 0 Å². The fraction of sp³-hybridized carbons (Fsp3) is 0.143. The summed E-state index contributed by atoms with van der Waals surface area (Å²) in [5, 5.41) is 0.393. The van der Waals surface area contributed by atoms with Crippen molar-refractivity contribution < 1.29 is 8.42 Å². The summed E-state index contributed by atoms with van der Waals surface area (Å²) in [4.78, 5) is 0.161. The second kappa shape index (κ2) is 6.26. The zero-order valence-electron chi connectivity index (χ0n) is 10.7. The lowest BCUT2D eigenvalue weighted by atomic mass is 10.1. The number of rotatable bonds is 4. The van der Waals surface area contributed by atoms with Gasteiger partial charge in [0.1, 0.15) is 0 Å². The molecule has 0 aliphatic carbocycles. The molecule has 3 nitrogen and oxygen atoms in total. The Morgan fingerprint density at radius 2 is 1.80 bits per heavy atom. The van der Waals surface area contributed by atoms with E-state index < -0.39 is 10.0 Å². The predicted molar refractivity (Wildman–Crippen MR) is 84.3 cm³/mol. The number of hydrogen-bond donors (Lipinski definition) is 1. The first kappa shape index (κ1) is 15.5. The zero-order valence-corrected chi connectivity index (χ0v) is 13.8. The Bertz CT molecular complexity index is 701. The molecule has 0 heterocycles. The van der Waals surface area contributed by atoms with E-state index in [0.717, 1.165) is 10.0 Å². The van der Waals surface area contributed by atoms with E-state index in [9.17, 15) is 8.42 Å². The van der Waals surface area contributed by atoms with Gasteiger partial charge in [-0.2, -0.15) is 0 Å². The molecule has 0 aliphatic rings. The van der Waals surface area contributed by atoms with Crippen LogP contribution in [-0.2, 0) is 10.0 Å². The third-order valence-electron chi connectivity index (χ3n) is 2.81. The molecule has 0 saturated heterocycles. The van der Waals surface area contributed by atoms with Crippen LogP contribution in [0.3, 0.4) is 0 Å². The Labute approximate surface area is 132 Å². The van der Waals surface area contributed by atoms with Crippen LogP contribution < -0.4 is 4.72 Å². The smallest absolute Gasteiger partial charge is 0.207 e. The predicted octanol–water partition coefficient (Wildman–Crippen LogP) is 4.14. The summed E-state index contributed by atoms with van der Waals surface area (Å²) in [7, 11) is -3.59. The maximum Gasteiger partial charge on any atom is 0.241 e. The normalized spacial score (nSPS) is 13.2. The summed E-state index contributed by atoms with van der Waals surface area (Å²) in [6.07, 6.45) is 0. The molecule has 2 rings (SSSR count). The van der Waals surface area contributed by atoms with E-state index in [2.05, 4.69) is 20.7 Å². The summed E-state index contributed by atoms with van der Waals surface area (Å²) >= 11 is 9.17. The Hall–Kier alpha value is -0.880. The van der Waals surface area contributed by atoms with Crippen LogP contribution in [-0.4, -0.2) is 8.42 Å². The lowest BCUT2D eigenvalue weighted by Gasteiger charge is -2.15. The largest absolute Gasteiger partial charge is 0.241 e. The molecule has 0 fully saturated rings. The Kier molecular flexibility index (Phi) is 4.86. The fourth-order valence-corrected chi connectivity index (χ4v) is 3.55. The van der Waals surface area contributed by atoms with Crippen molar-refractivity contribution in [1.29, 1.82) is 0 Å². The lowest BCUT2D eigenvalue weighted by Crippen LogP contribution is -2.26. The number of halogens is 2. The molecule has 0 amide bonds. The highest BCUT2D eigenvalue weighted by molar-refractivity contribution is 9.10. The Morgan fingerprint density at radius 3 is 2.40 bits per heavy atom. The van der Waals surface area contributed by atoms with Crippen LogP contribution in [0, 0.1) is 0 Å². The van der Waals surface area contributed by atoms with Crippen molar-refractivity contribution >= 4 is 37.6 Å². The third kappa shape index (κ3) is 3.82. The second-order valence-corrected chi connectivity index (χ2v) is 7.42. The third-order valence-corrected chi connectivity index (χ3v) is 5.11. The van der Waals surface area contributed by atoms with Crippen molar-refractivity contribution in [3.8, 4) is 0 Å². The van der Waals surface area contributed by atoms with Crippen molar-refractivity contribution in [1.82, 2.24) is 4.72 Å². The molecule has 1 N–H and O–H groups in total. The summed E-state index contributed by atoms with van der Waals surface area (Å²) in [6, 6.07) is 13.4. The van der Waals surface area contributed by atoms with Gasteiger partial charge in [0, 0.05) is 15.5 Å². The van der Waals surface area contributed by atoms with Gasteiger partial charge in [0.25, 0.3) is 0 Å². The van der Waals surface area contributed by atoms with Gasteiger partial charge in [0.2, 0.25) is 10.0 Å². The van der Waals surface area contributed by atoms with Gasteiger partial charge in [0.15, 0.2) is 0 Å². The average Bonchev–Trinajstić information content (AvgIpc) is 2.39. The Morgan fingerprint density at radius 1 is 1.15 bits per heavy atom. The monoisotopic (exact) mass is 373 g/mol. The van der Waals surface area contributed by atoms with E-state index in [1.165, 1.54) is 12.1 Å². The van der Waals surface area contributed by atoms with E-state index in [-0.39, 0.29) is 10.9 Å². The van der Waals surface area contributed by atoms with Crippen molar-refractivity contribution in [2.75, 3.05) is 0 Å². The summed E-state index contributed by atoms with van der Waals surface area (Å²) in [5.74, 6) is 0. The molecule has 106 valence electrons. The highest BCUT2D eigenvalue weighted by Gasteiger charge is 2.18. The summed E-state index contributed by atoms with van der Waals surface area (Å²) in [6.45, 7) is 1.80. The molecular formula is C14H13BrClNO2S. The molecule has 2 aromatic carbocycles. The highest BCUT2D eigenvalue weighted by Crippen LogP contribution is 2.20. The van der Waals surface area contributed by atoms with E-state index >= 15 is 0 Å². The average molecular weight is 375 g/mol. The van der Waals surface area contributed by atoms with E-state index in [1.807, 2.05) is 24.3 Å². The molecule has 1 atom stereocenters. The minimum Gasteiger partial charge on any atom is -0.207 e. The molecule has 0 aliphatic heterocycles. The van der Waals surface area contributed by atoms with Gasteiger partial charge in [-0.15, -0.1) is 0 Å². The minimum absolute atomic E-state index is 0.161. The summed E-state index contributed by atoms with van der Waals surface area (Å²) < 4.78 is 28.1. The Balaban J connectivity index is 2.22. The molecule has 2 aromatic rings. The first-order chi connectivity index (χ1) is 9.38. The highest BCUT2D eigenvalue weighted by atomic mass is 79.9. The molecule has 20 heavy (non-hydrogen) atoms. The van der Waals surface area contributed by atoms with Crippen LogP contribution in [0.2, 0.25) is 5.02 Å². The minimum atomic E-state index is -3.59. The second-order valence-electron chi connectivity index (χ2n) is 4.35. The molecule has 0 saturated carbocycles. The summed E-state index contributed by atoms with van der Waals surface area (Å²) in [5.41, 5.74) is 0.888. The first-order valence-corrected chi connectivity index (χ1v) is 8.57. The van der Waals surface area contributed by atoms with Crippen LogP contribution in [0.25, 0.3) is 0 Å². The van der Waals surface area contributed by atoms with Gasteiger partial charge in [-0.25, -0.2) is 13.1 Å². The molecular weight excluding hydrogens is 362 g/mol. The first-order valence-electron chi connectivity index (χ1n) is 5.92. The molecule has 6 heteroatoms. The lowest BCUT2D eigenvalue weighted by molar-refractivity contribution is 0.567. The van der Waals surface area contributed by atoms with Gasteiger partial charge in [0.05, 0.1) is 4.90 Å². The van der Waals surface area contributed by atoms with Crippen LogP contribution in [0.4, 0.5) is 0 Å². The van der Waals surface area contributed by atoms with Crippen LogP contribution >= 0.6 is 27.5 Å². The molecule has 0 bridgehead atoms. The topological polar surface area (TPSA) is 46.2 Å². The molecule has 0 aromatic heterocycles. The van der Waals surface area contributed by atoms with Crippen molar-refractivity contribution in [3.05, 3.63) is 63.6 Å². The maximum atomic E-state index is 12.3. The van der Waals surface area contributed by atoms with Crippen LogP contribution in [0.1, 0.15) is 18.5 Å². The molecule has 0 spiro atoms. The van der Waals surface area contributed by atoms with Gasteiger partial charge in [-0.05, 0) is 42.8 Å². The standard InChI is InChI=1S/C14H13BrClNO2S/c1-10(11-5-7-12(15)8-6-11)17-20(18,19)14-4-2-3-13(16)9-14/h2-10,17H,1H3. The quantitative estimate of drug-likeness (QED) is 0.874. The molecule has 0 radical (unpaired) electrons. The fourth-order valence-electron chi connectivity index (χ4n) is 1.75. The van der Waals surface area contributed by atoms with Crippen LogP contribution in [0.5, 0.6) is 0 Å². The van der Waals surface area contributed by atoms with E-state index in [4.69, 9.17) is 11.6 Å². The number of hydrogen-bond acceptors (Lipinski definition) is 2. The van der Waals surface area contributed by atoms with E-state index in [0.29, 0.717) is 5.02 Å². The number of benzene rings is 2. The van der Waals surface area contributed by atoms with Crippen molar-refractivity contribution in [2.45, 2.75) is 17.9 Å². The van der Waals surface area contributed by atoms with Crippen molar-refractivity contribution in [3.63, 3.8) is 0 Å². The number of nitrogens with one attached hydrogen (secondary N) is 1. The van der Waals surface area contributed by atoms with Gasteiger partial charge >= 0.3 is 0 Å². The van der Waals surface area contributed by atoms with E-state index in [1.54, 1.807) is 19.1 Å². The molecule has 1 unspecified atom stereocenters. The van der Waals surface area contributed by atoms with Crippen LogP contribution in [0.15, 0.2) is 57.9 Å². The number of sulfonamides is 1. The van der Waals surface area contributed by atoms with Gasteiger partial charge in [-0.1, -0.05) is 45.7 Å². The maximum absolute atomic E-state index is 12.3. The van der Waals surface area contributed by atoms with Gasteiger partial charge in [-0.3, -0.25) is 0 Å². The SMILES string of the molecule is CC(NS(=O)(=O)c1cccc(Cl)c1)c1ccc(Br)cc1. The van der Waals surface area contributed by atoms with Crippen molar-refractivity contribution in [2.24, 2.45) is 0 Å². The zero-order chi connectivity index (χ0) is 14.8.